The van der Waals surface area contributed by atoms with Crippen LogP contribution in [0.15, 0.2) is 29.5 Å². The Balaban J connectivity index is 1.66. The van der Waals surface area contributed by atoms with E-state index >= 15 is 0 Å². The van der Waals surface area contributed by atoms with Crippen LogP contribution in [-0.2, 0) is 9.59 Å². The van der Waals surface area contributed by atoms with Crippen LogP contribution in [0.25, 0.3) is 0 Å². The molecular weight excluding hydrogens is 436 g/mol. The maximum Gasteiger partial charge on any atom is 0.238 e. The second kappa shape index (κ2) is 10.5. The van der Waals surface area contributed by atoms with Gasteiger partial charge in [0.2, 0.25) is 11.8 Å². The van der Waals surface area contributed by atoms with Gasteiger partial charge in [0.05, 0.1) is 25.0 Å². The van der Waals surface area contributed by atoms with Crippen LogP contribution in [0.1, 0.15) is 44.6 Å². The van der Waals surface area contributed by atoms with Crippen molar-refractivity contribution < 1.29 is 19.1 Å². The van der Waals surface area contributed by atoms with E-state index in [9.17, 15) is 9.59 Å². The fourth-order valence-corrected chi connectivity index (χ4v) is 4.09. The Kier molecular flexibility index (Phi) is 7.24. The van der Waals surface area contributed by atoms with Gasteiger partial charge in [-0.3, -0.25) is 14.6 Å². The Bertz CT molecular complexity index is 1090. The number of benzene rings is 1. The lowest BCUT2D eigenvalue weighted by Crippen LogP contribution is -2.38. The number of hydrogen-bond acceptors (Lipinski definition) is 8. The molecule has 2 bridgehead atoms. The molecule has 10 heteroatoms. The van der Waals surface area contributed by atoms with Crippen molar-refractivity contribution in [3.63, 3.8) is 0 Å². The fraction of sp³-hybridized carbons (Fsp3) is 0.458. The molecule has 2 N–H and O–H groups in total. The maximum absolute atomic E-state index is 12.8. The van der Waals surface area contributed by atoms with Gasteiger partial charge >= 0.3 is 0 Å². The molecule has 1 aromatic heterocycles. The Hall–Kier alpha value is -3.69. The molecule has 2 aliphatic heterocycles. The number of hydrogen-bond donors (Lipinski definition) is 2. The Labute approximate surface area is 198 Å². The van der Waals surface area contributed by atoms with E-state index in [2.05, 4.69) is 25.6 Å². The Morgan fingerprint density at radius 2 is 2.00 bits per heavy atom. The molecule has 10 nitrogen and oxygen atoms in total. The molecule has 1 unspecified atom stereocenters. The predicted molar refractivity (Wildman–Crippen MR) is 129 cm³/mol. The van der Waals surface area contributed by atoms with E-state index in [0.29, 0.717) is 66.9 Å². The first-order valence-electron chi connectivity index (χ1n) is 11.5. The molecule has 1 aromatic carbocycles. The number of nitrogens with one attached hydrogen (secondary N) is 2. The third-order valence-corrected chi connectivity index (χ3v) is 5.84. The summed E-state index contributed by atoms with van der Waals surface area (Å²) in [5.41, 5.74) is 1.28. The highest BCUT2D eigenvalue weighted by Gasteiger charge is 2.33. The van der Waals surface area contributed by atoms with Crippen LogP contribution in [0, 0.1) is 0 Å². The van der Waals surface area contributed by atoms with E-state index in [1.165, 1.54) is 6.33 Å². The van der Waals surface area contributed by atoms with E-state index < -0.39 is 5.92 Å². The molecule has 34 heavy (non-hydrogen) atoms. The highest BCUT2D eigenvalue weighted by molar-refractivity contribution is 6.13. The zero-order valence-corrected chi connectivity index (χ0v) is 19.7. The summed E-state index contributed by atoms with van der Waals surface area (Å²) in [6, 6.07) is 5.42. The predicted octanol–water partition coefficient (Wildman–Crippen LogP) is 3.14. The number of aliphatic imine (C=N–C) groups is 1. The summed E-state index contributed by atoms with van der Waals surface area (Å²) >= 11 is 0. The first kappa shape index (κ1) is 23.5. The first-order chi connectivity index (χ1) is 16.5. The zero-order valence-electron chi connectivity index (χ0n) is 19.7. The number of amides is 2. The van der Waals surface area contributed by atoms with Crippen molar-refractivity contribution in [2.24, 2.45) is 4.99 Å². The van der Waals surface area contributed by atoms with Gasteiger partial charge in [0.1, 0.15) is 23.9 Å². The summed E-state index contributed by atoms with van der Waals surface area (Å²) in [6.45, 7) is 5.63. The maximum atomic E-state index is 12.8. The van der Waals surface area contributed by atoms with Gasteiger partial charge in [-0.1, -0.05) is 0 Å². The lowest BCUT2D eigenvalue weighted by Gasteiger charge is -2.27. The van der Waals surface area contributed by atoms with Gasteiger partial charge < -0.3 is 25.0 Å². The number of carbonyl (C=O) groups is 2. The second-order valence-electron chi connectivity index (χ2n) is 8.48. The van der Waals surface area contributed by atoms with Gasteiger partial charge in [0.15, 0.2) is 11.5 Å². The van der Waals surface area contributed by atoms with E-state index in [1.807, 2.05) is 18.7 Å². The topological polar surface area (TPSA) is 118 Å². The highest BCUT2D eigenvalue weighted by Crippen LogP contribution is 2.36. The molecule has 0 aliphatic carbocycles. The van der Waals surface area contributed by atoms with Crippen LogP contribution in [0.3, 0.4) is 0 Å². The van der Waals surface area contributed by atoms with E-state index in [-0.39, 0.29) is 17.9 Å². The molecule has 0 spiro atoms. The number of methoxy groups -OCH3 is 1. The second-order valence-corrected chi connectivity index (χ2v) is 8.48. The van der Waals surface area contributed by atoms with Crippen LogP contribution < -0.4 is 20.1 Å². The minimum Gasteiger partial charge on any atom is -0.493 e. The van der Waals surface area contributed by atoms with Crippen molar-refractivity contribution in [3.05, 3.63) is 30.1 Å². The largest absolute Gasteiger partial charge is 0.493 e. The monoisotopic (exact) mass is 466 g/mol. The van der Waals surface area contributed by atoms with Crippen LogP contribution in [-0.4, -0.2) is 65.7 Å². The summed E-state index contributed by atoms with van der Waals surface area (Å²) in [7, 11) is 1.57. The van der Waals surface area contributed by atoms with E-state index in [4.69, 9.17) is 9.47 Å². The summed E-state index contributed by atoms with van der Waals surface area (Å²) in [6.07, 6.45) is 4.75. The SMILES string of the molecule is COc1ccc2cc1OCCCC(=O)N(C(C)C)CCCNc1ncnc3c1C(C=N2)C(=O)N3. The average molecular weight is 467 g/mol. The van der Waals surface area contributed by atoms with E-state index in [0.717, 1.165) is 6.42 Å². The van der Waals surface area contributed by atoms with Crippen molar-refractivity contribution in [1.82, 2.24) is 14.9 Å². The van der Waals surface area contributed by atoms with E-state index in [1.54, 1.807) is 31.5 Å². The zero-order chi connectivity index (χ0) is 24.1. The van der Waals surface area contributed by atoms with Gasteiger partial charge in [-0.25, -0.2) is 9.97 Å². The van der Waals surface area contributed by atoms with Crippen LogP contribution in [0.5, 0.6) is 11.5 Å². The molecule has 2 aromatic rings. The average Bonchev–Trinajstić information content (AvgIpc) is 3.15. The number of nitrogens with zero attached hydrogens (tertiary/aromatic N) is 4. The fourth-order valence-electron chi connectivity index (χ4n) is 4.09. The normalized spacial score (nSPS) is 18.9. The molecule has 3 heterocycles. The minimum absolute atomic E-state index is 0.0986. The third kappa shape index (κ3) is 5.11. The summed E-state index contributed by atoms with van der Waals surface area (Å²) in [5, 5.41) is 6.12. The third-order valence-electron chi connectivity index (χ3n) is 5.84. The summed E-state index contributed by atoms with van der Waals surface area (Å²) in [4.78, 5) is 40.5. The smallest absolute Gasteiger partial charge is 0.238 e. The van der Waals surface area contributed by atoms with Gasteiger partial charge in [0.25, 0.3) is 0 Å². The summed E-state index contributed by atoms with van der Waals surface area (Å²) in [5.74, 6) is 1.44. The summed E-state index contributed by atoms with van der Waals surface area (Å²) < 4.78 is 11.3. The molecule has 4 rings (SSSR count). The molecule has 180 valence electrons. The molecule has 2 aliphatic rings. The number of aromatic nitrogens is 2. The standard InChI is InChI=1S/C24H30N6O4/c1-15(2)30-10-5-9-25-22-21-17(24(32)29-23(21)28-14-27-22)13-26-16-7-8-18(33-3)19(12-16)34-11-4-6-20(30)31/h7-8,12-15,17H,4-6,9-11H2,1-3H3,(H2,25,27,28,29,32). The van der Waals surface area contributed by atoms with Gasteiger partial charge in [-0.15, -0.1) is 0 Å². The lowest BCUT2D eigenvalue weighted by molar-refractivity contribution is -0.133. The molecule has 0 saturated heterocycles. The minimum atomic E-state index is -0.627. The Morgan fingerprint density at radius 1 is 1.18 bits per heavy atom. The molecule has 2 amide bonds. The van der Waals surface area contributed by atoms with Crippen LogP contribution in [0.4, 0.5) is 17.3 Å². The Morgan fingerprint density at radius 3 is 2.79 bits per heavy atom. The van der Waals surface area contributed by atoms with Crippen molar-refractivity contribution >= 4 is 35.4 Å². The van der Waals surface area contributed by atoms with Crippen molar-refractivity contribution in [1.29, 1.82) is 0 Å². The van der Waals surface area contributed by atoms with Crippen molar-refractivity contribution in [2.45, 2.75) is 45.1 Å². The number of fused-ring (bicyclic) bond motifs is 2. The van der Waals surface area contributed by atoms with Gasteiger partial charge in [-0.05, 0) is 38.8 Å². The molecule has 0 fully saturated rings. The molecule has 0 saturated carbocycles. The quantitative estimate of drug-likeness (QED) is 0.698. The number of carbonyl (C=O) groups excluding carboxylic acids is 2. The molecular formula is C24H30N6O4. The number of ether oxygens (including phenoxy) is 2. The van der Waals surface area contributed by atoms with Crippen molar-refractivity contribution in [2.75, 3.05) is 37.4 Å². The van der Waals surface area contributed by atoms with Gasteiger partial charge in [-0.2, -0.15) is 0 Å². The number of anilines is 2. The van der Waals surface area contributed by atoms with Crippen LogP contribution >= 0.6 is 0 Å². The van der Waals surface area contributed by atoms with Gasteiger partial charge in [0, 0.05) is 37.8 Å². The van der Waals surface area contributed by atoms with Crippen LogP contribution in [0.2, 0.25) is 0 Å². The van der Waals surface area contributed by atoms with Crippen molar-refractivity contribution in [3.8, 4) is 11.5 Å². The highest BCUT2D eigenvalue weighted by atomic mass is 16.5. The molecule has 1 atom stereocenters. The molecule has 0 radical (unpaired) electrons. The first-order valence-corrected chi connectivity index (χ1v) is 11.5. The lowest BCUT2D eigenvalue weighted by atomic mass is 10.0. The number of rotatable bonds is 2.